The van der Waals surface area contributed by atoms with Crippen molar-refractivity contribution < 1.29 is 98.3 Å². The quantitative estimate of drug-likeness (QED) is 0.0153. The highest BCUT2D eigenvalue weighted by molar-refractivity contribution is 7.22. The van der Waals surface area contributed by atoms with Crippen LogP contribution in [0.25, 0.3) is 31.6 Å². The second-order valence-corrected chi connectivity index (χ2v) is 29.8. The van der Waals surface area contributed by atoms with Gasteiger partial charge in [-0.15, -0.1) is 22.7 Å². The number of thiophene rings is 2. The molecule has 2 atom stereocenters. The molecule has 0 unspecified atom stereocenters. The first-order chi connectivity index (χ1) is 62.3. The number of hydrogen-bond donors (Lipinski definition) is 6. The van der Waals surface area contributed by atoms with Gasteiger partial charge in [-0.05, 0) is 151 Å². The van der Waals surface area contributed by atoms with Gasteiger partial charge in [0.25, 0.3) is 0 Å². The Morgan fingerprint density at radius 1 is 0.515 bits per heavy atom. The van der Waals surface area contributed by atoms with E-state index in [9.17, 15) is 73.9 Å². The van der Waals surface area contributed by atoms with Gasteiger partial charge in [0.15, 0.2) is 48.7 Å². The molecular weight excluding hydrogens is 1760 g/mol. The molecule has 0 saturated heterocycles. The number of aromatic hydroxyl groups is 2. The smallest absolute Gasteiger partial charge is 0.416 e. The fraction of sp³-hybridized carbons (Fsp3) is 0.120. The fourth-order valence-corrected chi connectivity index (χ4v) is 13.0. The maximum absolute atomic E-state index is 12.9. The predicted molar refractivity (Wildman–Crippen MR) is 497 cm³/mol. The van der Waals surface area contributed by atoms with Gasteiger partial charge in [0.05, 0.1) is 57.4 Å². The number of H-pyrrole nitrogens is 1. The number of aldehydes is 8. The van der Waals surface area contributed by atoms with E-state index in [-0.39, 0.29) is 86.2 Å². The molecule has 130 heavy (non-hydrogen) atoms. The number of benzene rings is 11. The number of fused-ring (bicyclic) bond motifs is 2. The molecule has 4 heterocycles. The molecule has 15 rings (SSSR count). The van der Waals surface area contributed by atoms with E-state index in [1.807, 2.05) is 164 Å². The highest BCUT2D eigenvalue weighted by Crippen LogP contribution is 2.39. The Morgan fingerprint density at radius 3 is 1.48 bits per heavy atom. The number of aromatic amines is 1. The topological polar surface area (TPSA) is 329 Å². The summed E-state index contributed by atoms with van der Waals surface area (Å²) in [6.07, 6.45) is 5.45. The van der Waals surface area contributed by atoms with Gasteiger partial charge in [0.1, 0.15) is 47.8 Å². The van der Waals surface area contributed by atoms with E-state index in [1.54, 1.807) is 36.7 Å². The Hall–Kier alpha value is -14.2. The molecule has 0 aliphatic rings. The molecule has 30 heteroatoms. The third kappa shape index (κ3) is 35.5. The zero-order valence-electron chi connectivity index (χ0n) is 70.7. The number of hydrogen-bond acceptors (Lipinski definition) is 20. The Balaban J connectivity index is 0.000000254. The lowest BCUT2D eigenvalue weighted by Crippen LogP contribution is -2.11. The van der Waals surface area contributed by atoms with E-state index < -0.39 is 46.5 Å². The number of nitrogens with zero attached hydrogens (tertiary/aromatic N) is 1. The first-order valence-electron chi connectivity index (χ1n) is 38.9. The molecule has 0 saturated carbocycles. The lowest BCUT2D eigenvalue weighted by molar-refractivity contribution is -0.137. The van der Waals surface area contributed by atoms with Crippen molar-refractivity contribution in [2.24, 2.45) is 17.2 Å². The van der Waals surface area contributed by atoms with Crippen molar-refractivity contribution in [2.75, 3.05) is 14.2 Å². The van der Waals surface area contributed by atoms with Crippen LogP contribution in [-0.2, 0) is 11.0 Å². The maximum Gasteiger partial charge on any atom is 0.416 e. The number of pyridine rings is 1. The molecule has 0 radical (unpaired) electrons. The third-order valence-electron chi connectivity index (χ3n) is 17.5. The zero-order chi connectivity index (χ0) is 95.7. The number of phenols is 2. The fourth-order valence-electron chi connectivity index (χ4n) is 11.0. The van der Waals surface area contributed by atoms with Gasteiger partial charge in [0, 0.05) is 91.3 Å². The molecule has 674 valence electrons. The monoisotopic (exact) mass is 1850 g/mol. The molecule has 0 bridgehead atoms. The number of phenolic OH excluding ortho intramolecular Hbond substituents is 2. The van der Waals surface area contributed by atoms with Gasteiger partial charge < -0.3 is 46.6 Å². The number of nitrogens with one attached hydrogen (secondary N) is 1. The number of aromatic nitrogens is 2. The minimum atomic E-state index is -4.63. The number of rotatable bonds is 18. The standard InChI is InChI=1S/C13H13N.C11H12O5.C10H7NO.C10H15N.C9H7NO.C9H6OS2.C8H6ClFO.C8H4F4O.C8H11N.C7H3ClF2O.C7H6O3/c14-13(11-7-3-1-4-8-11)12-9-5-2-6-10-12;1-7(13)16-11-9(14-2)4-8(6-12)5-10(11)15-3;12-7-8-5-6-11-10-4-2-1-3-9(8)10;1-2-6-10(11)9-7-4-3-5-8-9;11-6-7-5-10-9-4-2-1-3-8(7)9;10-6-7-3-4-9(12-7)8-2-1-5-11-8;1-5-2-3-7(9)6(4-11)8(5)10;9-7-2-5(4-13)1-6(3-7)8(10,11)12;1-7(9)8-5-3-2-4-6-8;8-5-1-2-6(9)4(3-11)7(5)10;8-4-5-1-6(9)3-7(10)2-5/h1-10,13H,14H2;4-6H,1-3H3;1-7H;3-5,7-8,10H,2,6,11H2,1H3;1-6,10H;1-6H;2-4H,1H3;1-4H;2-7H,9H2,1H3;1-3H;1-4,9-10H/t;;;10-;;;;;7-;;/m...1....1../s1. The summed E-state index contributed by atoms with van der Waals surface area (Å²) in [5.41, 5.74) is 24.6. The summed E-state index contributed by atoms with van der Waals surface area (Å²) in [5, 5.41) is 21.4. The SMILES string of the molecule is CCC[C@@H](N)c1ccccc1.COc1cc(C=O)cc(OC)c1OC(C)=O.C[C@@H](N)c1ccccc1.Cc1ccc(Cl)c(C=O)c1F.NC(c1ccccc1)c1ccccc1.O=Cc1c(F)ccc(Cl)c1F.O=Cc1c[nH]c2ccccc12.O=Cc1cc(F)cc(C(F)(F)F)c1.O=Cc1cc(O)cc(O)c1.O=Cc1ccc(-c2cccs2)s1.O=Cc1ccnc2ccccc12. The highest BCUT2D eigenvalue weighted by Gasteiger charge is 2.31. The minimum absolute atomic E-state index is 0.0163. The molecule has 9 N–H and O–H groups in total. The number of halogens is 9. The van der Waals surface area contributed by atoms with Crippen LogP contribution in [0.2, 0.25) is 10.0 Å². The number of ether oxygens (including phenoxy) is 3. The molecule has 0 spiro atoms. The van der Waals surface area contributed by atoms with Gasteiger partial charge >= 0.3 is 12.1 Å². The maximum atomic E-state index is 12.9. The Labute approximate surface area is 763 Å². The van der Waals surface area contributed by atoms with Crippen molar-refractivity contribution in [1.29, 1.82) is 0 Å². The molecule has 4 aromatic heterocycles. The summed E-state index contributed by atoms with van der Waals surface area (Å²) in [5.74, 6) is -3.51. The van der Waals surface area contributed by atoms with Crippen molar-refractivity contribution in [2.45, 2.75) is 64.8 Å². The van der Waals surface area contributed by atoms with Gasteiger partial charge in [-0.25, -0.2) is 17.6 Å². The number of methoxy groups -OCH3 is 2. The van der Waals surface area contributed by atoms with Crippen molar-refractivity contribution in [3.63, 3.8) is 0 Å². The second kappa shape index (κ2) is 56.8. The number of aryl methyl sites for hydroxylation is 1. The van der Waals surface area contributed by atoms with Crippen LogP contribution in [-0.4, -0.2) is 90.7 Å². The highest BCUT2D eigenvalue weighted by atomic mass is 35.5. The molecule has 0 fully saturated rings. The van der Waals surface area contributed by atoms with Crippen LogP contribution in [0.3, 0.4) is 0 Å². The largest absolute Gasteiger partial charge is 0.508 e. The van der Waals surface area contributed by atoms with E-state index in [2.05, 4.69) is 59.4 Å². The average Bonchev–Trinajstić information content (AvgIpc) is 1.64. The summed E-state index contributed by atoms with van der Waals surface area (Å²) in [4.78, 5) is 104. The van der Waals surface area contributed by atoms with Gasteiger partial charge in [-0.2, -0.15) is 13.2 Å². The summed E-state index contributed by atoms with van der Waals surface area (Å²) in [7, 11) is 2.83. The summed E-state index contributed by atoms with van der Waals surface area (Å²) in [6, 6.07) is 79.2. The summed E-state index contributed by atoms with van der Waals surface area (Å²) in [6.45, 7) is 6.99. The molecule has 11 aromatic carbocycles. The minimum Gasteiger partial charge on any atom is -0.508 e. The number of alkyl halides is 3. The molecule has 19 nitrogen and oxygen atoms in total. The van der Waals surface area contributed by atoms with E-state index in [0.717, 1.165) is 99.3 Å². The molecule has 0 amide bonds. The number of nitrogens with two attached hydrogens (primary N) is 3. The molecular formula is C100H90Cl2F7N5O14S2. The van der Waals surface area contributed by atoms with Crippen LogP contribution in [0.5, 0.6) is 28.7 Å². The Morgan fingerprint density at radius 2 is 1.02 bits per heavy atom. The van der Waals surface area contributed by atoms with Crippen molar-refractivity contribution in [1.82, 2.24) is 9.97 Å². The van der Waals surface area contributed by atoms with E-state index in [1.165, 1.54) is 89.8 Å². The van der Waals surface area contributed by atoms with Gasteiger partial charge in [0.2, 0.25) is 5.75 Å². The van der Waals surface area contributed by atoms with Crippen molar-refractivity contribution in [3.8, 4) is 38.5 Å². The number of carbonyl (C=O) groups excluding carboxylic acids is 9. The lowest BCUT2D eigenvalue weighted by atomic mass is 10.00. The normalized spacial score (nSPS) is 10.5. The van der Waals surface area contributed by atoms with Crippen LogP contribution >= 0.6 is 45.9 Å². The van der Waals surface area contributed by atoms with Crippen molar-refractivity contribution >= 4 is 124 Å². The summed E-state index contributed by atoms with van der Waals surface area (Å²) < 4.78 is 102. The first kappa shape index (κ1) is 106. The zero-order valence-corrected chi connectivity index (χ0v) is 73.8. The molecule has 0 aliphatic carbocycles. The summed E-state index contributed by atoms with van der Waals surface area (Å²) >= 11 is 14.0. The Bertz CT molecular complexity index is 5930. The number of para-hydroxylation sites is 2. The van der Waals surface area contributed by atoms with E-state index in [0.29, 0.717) is 47.7 Å². The lowest BCUT2D eigenvalue weighted by Gasteiger charge is -2.12. The van der Waals surface area contributed by atoms with Crippen LogP contribution < -0.4 is 31.4 Å². The van der Waals surface area contributed by atoms with Crippen LogP contribution in [0, 0.1) is 30.2 Å². The number of esters is 1. The van der Waals surface area contributed by atoms with Crippen LogP contribution in [0.1, 0.15) is 167 Å². The average molecular weight is 1850 g/mol. The van der Waals surface area contributed by atoms with E-state index in [4.69, 9.17) is 64.8 Å². The van der Waals surface area contributed by atoms with Crippen LogP contribution in [0.15, 0.2) is 291 Å². The van der Waals surface area contributed by atoms with Crippen LogP contribution in [0.4, 0.5) is 30.7 Å². The molecule has 0 aliphatic heterocycles. The first-order valence-corrected chi connectivity index (χ1v) is 41.4. The third-order valence-corrected chi connectivity index (χ3v) is 20.2. The predicted octanol–water partition coefficient (Wildman–Crippen LogP) is 24.3. The Kier molecular flexibility index (Phi) is 46.4. The van der Waals surface area contributed by atoms with E-state index >= 15 is 0 Å². The van der Waals surface area contributed by atoms with Gasteiger partial charge in [-0.3, -0.25) is 48.1 Å². The van der Waals surface area contributed by atoms with Gasteiger partial charge in [-0.1, -0.05) is 206 Å². The second-order valence-electron chi connectivity index (χ2n) is 26.9. The molecule has 15 aromatic rings. The number of carbonyl (C=O) groups is 9. The van der Waals surface area contributed by atoms with Crippen molar-refractivity contribution in [3.05, 3.63) is 401 Å².